The summed E-state index contributed by atoms with van der Waals surface area (Å²) in [6, 6.07) is 16.0. The molecule has 1 aliphatic carbocycles. The number of para-hydroxylation sites is 2. The third-order valence-electron chi connectivity index (χ3n) is 5.26. The van der Waals surface area contributed by atoms with E-state index in [1.165, 1.54) is 8.92 Å². The molecule has 0 atom stereocenters. The molecule has 2 aliphatic heterocycles. The Morgan fingerprint density at radius 1 is 0.733 bits per heavy atom. The Morgan fingerprint density at radius 2 is 1.20 bits per heavy atom. The van der Waals surface area contributed by atoms with Crippen molar-refractivity contribution in [1.82, 2.24) is 0 Å². The quantitative estimate of drug-likeness (QED) is 0.492. The molecular weight excluding hydrogens is 510 g/mol. The van der Waals surface area contributed by atoms with Crippen molar-refractivity contribution in [3.63, 3.8) is 0 Å². The molecule has 7 heteroatoms. The van der Waals surface area contributed by atoms with Crippen LogP contribution in [-0.2, 0) is 4.79 Å². The summed E-state index contributed by atoms with van der Waals surface area (Å²) in [6.07, 6.45) is 3.23. The third kappa shape index (κ3) is 2.94. The van der Waals surface area contributed by atoms with Gasteiger partial charge in [0, 0.05) is 0 Å². The Hall–Kier alpha value is -2.69. The molecule has 0 amide bonds. The van der Waals surface area contributed by atoms with E-state index in [0.29, 0.717) is 0 Å². The first-order chi connectivity index (χ1) is 14.5. The number of rotatable bonds is 2. The van der Waals surface area contributed by atoms with E-state index < -0.39 is 17.3 Å². The van der Waals surface area contributed by atoms with Gasteiger partial charge in [0.1, 0.15) is 0 Å². The fraction of sp³-hybridized carbons (Fsp3) is 0.0870. The van der Waals surface area contributed by atoms with Crippen molar-refractivity contribution in [1.29, 1.82) is 0 Å². The Kier molecular flexibility index (Phi) is 4.64. The summed E-state index contributed by atoms with van der Waals surface area (Å²) in [5, 5.41) is 25.7. The van der Waals surface area contributed by atoms with Gasteiger partial charge in [0.25, 0.3) is 0 Å². The van der Waals surface area contributed by atoms with Crippen molar-refractivity contribution in [2.75, 3.05) is 23.9 Å². The first-order valence-corrected chi connectivity index (χ1v) is 12.7. The molecule has 0 fully saturated rings. The van der Waals surface area contributed by atoms with Crippen LogP contribution in [0.15, 0.2) is 92.5 Å². The van der Waals surface area contributed by atoms with Crippen molar-refractivity contribution < 1.29 is 15.0 Å². The zero-order chi connectivity index (χ0) is 21.0. The van der Waals surface area contributed by atoms with E-state index in [2.05, 4.69) is 12.1 Å². The molecule has 5 nitrogen and oxygen atoms in total. The topological polar surface area (TPSA) is 69.7 Å². The second kappa shape index (κ2) is 7.22. The summed E-state index contributed by atoms with van der Waals surface area (Å²) in [7, 11) is 3.84. The number of hydrogen-bond donors (Lipinski definition) is 0. The van der Waals surface area contributed by atoms with Crippen LogP contribution in [-0.4, -0.2) is 49.8 Å². The first kappa shape index (κ1) is 19.3. The number of Topliss-reactive ketones (excluding diaryl/α,β-unsaturated/α-hetero) is 1. The number of nitrogens with zero attached hydrogens (tertiary/aromatic N) is 2. The Bertz CT molecular complexity index is 1230. The summed E-state index contributed by atoms with van der Waals surface area (Å²) in [4.78, 5) is 16.6. The molecule has 0 bridgehead atoms. The molecule has 0 unspecified atom stereocenters. The molecule has 0 saturated carbocycles. The predicted octanol–water partition coefficient (Wildman–Crippen LogP) is -0.560. The molecule has 0 N–H and O–H groups in total. The van der Waals surface area contributed by atoms with Gasteiger partial charge in [0.05, 0.1) is 0 Å². The number of carbonyl (C=O) groups excluding carboxylic acids is 1. The van der Waals surface area contributed by atoms with E-state index in [0.717, 1.165) is 20.6 Å². The second-order valence-electron chi connectivity index (χ2n) is 7.04. The van der Waals surface area contributed by atoms with Crippen LogP contribution < -0.4 is 28.9 Å². The number of ketones is 1. The van der Waals surface area contributed by atoms with Gasteiger partial charge in [-0.2, -0.15) is 0 Å². The molecule has 2 aromatic carbocycles. The van der Waals surface area contributed by atoms with Crippen molar-refractivity contribution in [3.05, 3.63) is 92.5 Å². The number of allylic oxidation sites excluding steroid dienone is 3. The molecule has 2 aromatic rings. The van der Waals surface area contributed by atoms with E-state index in [9.17, 15) is 15.0 Å². The molecule has 0 radical (unpaired) electrons. The van der Waals surface area contributed by atoms with Crippen molar-refractivity contribution >= 4 is 56.0 Å². The summed E-state index contributed by atoms with van der Waals surface area (Å²) in [5.74, 6) is -1.87. The molecule has 3 aliphatic rings. The average molecular weight is 526 g/mol. The minimum absolute atomic E-state index is 0.0143. The maximum atomic E-state index is 13.0. The van der Waals surface area contributed by atoms with Gasteiger partial charge < -0.3 is 0 Å². The average Bonchev–Trinajstić information content (AvgIpc) is 3.31. The second-order valence-corrected chi connectivity index (χ2v) is 11.5. The van der Waals surface area contributed by atoms with Crippen LogP contribution >= 0.6 is 0 Å². The SMILES string of the molecule is CN1/C(=C\C2=C([O-])C(/C=C3/[Se]c4ccccc4N3C)=C([O-])C2=O)[Se]c2ccccc21. The van der Waals surface area contributed by atoms with Gasteiger partial charge in [-0.1, -0.05) is 0 Å². The molecule has 2 heterocycles. The zero-order valence-corrected chi connectivity index (χ0v) is 19.6. The Labute approximate surface area is 187 Å². The first-order valence-electron chi connectivity index (χ1n) is 9.28. The van der Waals surface area contributed by atoms with Gasteiger partial charge in [-0.15, -0.1) is 0 Å². The summed E-state index contributed by atoms with van der Waals surface area (Å²) >= 11 is -0.0286. The van der Waals surface area contributed by atoms with Crippen LogP contribution in [0.2, 0.25) is 0 Å². The Balaban J connectivity index is 1.49. The number of carbonyl (C=O) groups is 1. The molecule has 150 valence electrons. The fourth-order valence-corrected chi connectivity index (χ4v) is 8.19. The third-order valence-corrected chi connectivity index (χ3v) is 10.2. The molecule has 0 aromatic heterocycles. The number of hydrogen-bond acceptors (Lipinski definition) is 5. The van der Waals surface area contributed by atoms with E-state index in [-0.39, 0.29) is 41.1 Å². The van der Waals surface area contributed by atoms with Crippen molar-refractivity contribution in [3.8, 4) is 0 Å². The summed E-state index contributed by atoms with van der Waals surface area (Å²) in [6.45, 7) is 0. The van der Waals surface area contributed by atoms with E-state index in [4.69, 9.17) is 0 Å². The van der Waals surface area contributed by atoms with Crippen LogP contribution in [0.1, 0.15) is 0 Å². The van der Waals surface area contributed by atoms with Crippen LogP contribution in [0.4, 0.5) is 11.4 Å². The molecular formula is C23H16N2O3Se2-2. The van der Waals surface area contributed by atoms with Crippen molar-refractivity contribution in [2.24, 2.45) is 0 Å². The van der Waals surface area contributed by atoms with Gasteiger partial charge >= 0.3 is 187 Å². The molecule has 30 heavy (non-hydrogen) atoms. The van der Waals surface area contributed by atoms with Gasteiger partial charge in [-0.25, -0.2) is 0 Å². The summed E-state index contributed by atoms with van der Waals surface area (Å²) < 4.78 is 4.19. The fourth-order valence-electron chi connectivity index (χ4n) is 3.60. The molecule has 0 spiro atoms. The normalized spacial score (nSPS) is 20.8. The maximum absolute atomic E-state index is 13.0. The Morgan fingerprint density at radius 3 is 1.70 bits per heavy atom. The van der Waals surface area contributed by atoms with Crippen LogP contribution in [0, 0.1) is 0 Å². The van der Waals surface area contributed by atoms with Gasteiger partial charge in [0.2, 0.25) is 0 Å². The number of benzene rings is 2. The standard InChI is InChI=1S/C23H18N2O3Se2/c1-24-15-7-3-5-9-17(15)29-19(24)11-13-21(26)14(23(28)22(13)27)12-20-25(2)16-8-4-6-10-18(16)30-20/h3-12,26H,1-2H3,(H,27,28)/p-2/b19-11+,20-12+. The van der Waals surface area contributed by atoms with Gasteiger partial charge in [-0.05, 0) is 0 Å². The summed E-state index contributed by atoms with van der Waals surface area (Å²) in [5.41, 5.74) is 2.11. The zero-order valence-electron chi connectivity index (χ0n) is 16.2. The monoisotopic (exact) mass is 528 g/mol. The van der Waals surface area contributed by atoms with E-state index >= 15 is 0 Å². The van der Waals surface area contributed by atoms with E-state index in [1.54, 1.807) is 12.2 Å². The number of anilines is 2. The molecule has 0 saturated heterocycles. The number of fused-ring (bicyclic) bond motifs is 2. The van der Waals surface area contributed by atoms with Crippen LogP contribution in [0.5, 0.6) is 0 Å². The predicted molar refractivity (Wildman–Crippen MR) is 116 cm³/mol. The van der Waals surface area contributed by atoms with Crippen LogP contribution in [0.25, 0.3) is 0 Å². The van der Waals surface area contributed by atoms with Crippen molar-refractivity contribution in [2.45, 2.75) is 0 Å². The van der Waals surface area contributed by atoms with Crippen LogP contribution in [0.3, 0.4) is 0 Å². The van der Waals surface area contributed by atoms with E-state index in [1.807, 2.05) is 60.3 Å². The molecule has 5 rings (SSSR count). The van der Waals surface area contributed by atoms with Gasteiger partial charge in [0.15, 0.2) is 0 Å². The minimum atomic E-state index is -0.704. The van der Waals surface area contributed by atoms with Gasteiger partial charge in [-0.3, -0.25) is 0 Å².